The van der Waals surface area contributed by atoms with E-state index in [1.807, 2.05) is 43.3 Å². The molecule has 43 heavy (non-hydrogen) atoms. The van der Waals surface area contributed by atoms with E-state index >= 15 is 0 Å². The quantitative estimate of drug-likeness (QED) is 0.173. The van der Waals surface area contributed by atoms with Crippen LogP contribution in [-0.2, 0) is 22.6 Å². The number of benzene rings is 3. The fourth-order valence-corrected chi connectivity index (χ4v) is 5.37. The molecule has 0 unspecified atom stereocenters. The summed E-state index contributed by atoms with van der Waals surface area (Å²) in [5, 5.41) is 11.5. The SMILES string of the molecule is Cc1ccc2occ(CN(Cc3ccccc3)C(=O)CN(C[C@H]3CCCO3)C(=O)c3ccc([N+](=O)[O-])cc3Cl)c(=O)c2c1. The number of ether oxygens (including phenoxy) is 1. The molecule has 0 aliphatic carbocycles. The lowest BCUT2D eigenvalue weighted by molar-refractivity contribution is -0.384. The lowest BCUT2D eigenvalue weighted by atomic mass is 10.1. The monoisotopic (exact) mass is 603 g/mol. The summed E-state index contributed by atoms with van der Waals surface area (Å²) in [6, 6.07) is 18.3. The standard InChI is InChI=1S/C32H30ClN3O7/c1-21-9-12-29-27(14-21)31(38)23(20-43-29)17-34(16-22-6-3-2-4-7-22)30(37)19-35(18-25-8-5-13-42-25)32(39)26-11-10-24(36(40)41)15-28(26)33/h2-4,6-7,9-12,14-15,20,25H,5,8,13,16-19H2,1H3/t25-/m1/s1. The van der Waals surface area contributed by atoms with Gasteiger partial charge in [0.25, 0.3) is 11.6 Å². The van der Waals surface area contributed by atoms with E-state index in [4.69, 9.17) is 20.8 Å². The van der Waals surface area contributed by atoms with Gasteiger partial charge < -0.3 is 19.0 Å². The lowest BCUT2D eigenvalue weighted by Crippen LogP contribution is -2.45. The van der Waals surface area contributed by atoms with Crippen LogP contribution >= 0.6 is 11.6 Å². The zero-order valence-electron chi connectivity index (χ0n) is 23.5. The van der Waals surface area contributed by atoms with Gasteiger partial charge in [0, 0.05) is 31.8 Å². The average molecular weight is 604 g/mol. The number of nitro benzene ring substituents is 1. The van der Waals surface area contributed by atoms with Gasteiger partial charge in [0.05, 0.1) is 45.4 Å². The molecule has 4 aromatic rings. The molecule has 10 nitrogen and oxygen atoms in total. The van der Waals surface area contributed by atoms with E-state index in [9.17, 15) is 24.5 Å². The van der Waals surface area contributed by atoms with Crippen LogP contribution in [0.2, 0.25) is 5.02 Å². The Kier molecular flexibility index (Phi) is 9.18. The molecule has 1 atom stereocenters. The first-order chi connectivity index (χ1) is 20.7. The van der Waals surface area contributed by atoms with Crippen molar-refractivity contribution in [2.24, 2.45) is 0 Å². The minimum Gasteiger partial charge on any atom is -0.464 e. The number of nitro groups is 1. The molecule has 1 aliphatic rings. The Labute approximate surface area is 252 Å². The fourth-order valence-electron chi connectivity index (χ4n) is 5.11. The minimum absolute atomic E-state index is 0.0400. The number of rotatable bonds is 10. The summed E-state index contributed by atoms with van der Waals surface area (Å²) in [5.41, 5.74) is 2.06. The van der Waals surface area contributed by atoms with Gasteiger partial charge in [-0.05, 0) is 43.5 Å². The van der Waals surface area contributed by atoms with Crippen molar-refractivity contribution in [2.45, 2.75) is 39.0 Å². The van der Waals surface area contributed by atoms with Crippen molar-refractivity contribution >= 4 is 40.1 Å². The average Bonchev–Trinajstić information content (AvgIpc) is 3.51. The lowest BCUT2D eigenvalue weighted by Gasteiger charge is -2.29. The van der Waals surface area contributed by atoms with E-state index in [1.165, 1.54) is 28.2 Å². The van der Waals surface area contributed by atoms with Crippen molar-refractivity contribution in [1.29, 1.82) is 0 Å². The summed E-state index contributed by atoms with van der Waals surface area (Å²) in [4.78, 5) is 54.6. The molecule has 0 N–H and O–H groups in total. The number of hydrogen-bond acceptors (Lipinski definition) is 7. The summed E-state index contributed by atoms with van der Waals surface area (Å²) in [7, 11) is 0. The van der Waals surface area contributed by atoms with Gasteiger partial charge in [-0.1, -0.05) is 53.6 Å². The zero-order chi connectivity index (χ0) is 30.5. The Morgan fingerprint density at radius 2 is 1.84 bits per heavy atom. The van der Waals surface area contributed by atoms with E-state index in [-0.39, 0.29) is 54.0 Å². The molecule has 1 aromatic heterocycles. The number of carbonyl (C=O) groups excluding carboxylic acids is 2. The van der Waals surface area contributed by atoms with Gasteiger partial charge in [0.1, 0.15) is 12.1 Å². The van der Waals surface area contributed by atoms with Crippen LogP contribution in [0.25, 0.3) is 11.0 Å². The summed E-state index contributed by atoms with van der Waals surface area (Å²) in [5.74, 6) is -0.957. The van der Waals surface area contributed by atoms with Gasteiger partial charge >= 0.3 is 0 Å². The third-order valence-corrected chi connectivity index (χ3v) is 7.70. The molecule has 5 rings (SSSR count). The first kappa shape index (κ1) is 29.9. The molecule has 2 heterocycles. The molecule has 1 aliphatic heterocycles. The first-order valence-corrected chi connectivity index (χ1v) is 14.2. The Balaban J connectivity index is 1.45. The van der Waals surface area contributed by atoms with E-state index in [0.29, 0.717) is 23.1 Å². The number of halogens is 1. The van der Waals surface area contributed by atoms with E-state index in [2.05, 4.69) is 0 Å². The number of non-ortho nitro benzene ring substituents is 1. The van der Waals surface area contributed by atoms with Gasteiger partial charge in [0.15, 0.2) is 5.43 Å². The molecule has 0 saturated carbocycles. The Hall–Kier alpha value is -4.54. The van der Waals surface area contributed by atoms with Crippen LogP contribution in [0.1, 0.15) is 39.9 Å². The van der Waals surface area contributed by atoms with E-state index in [0.717, 1.165) is 30.0 Å². The highest BCUT2D eigenvalue weighted by Gasteiger charge is 2.29. The number of nitrogens with zero attached hydrogens (tertiary/aromatic N) is 3. The number of carbonyl (C=O) groups is 2. The second kappa shape index (κ2) is 13.2. The molecular formula is C32H30ClN3O7. The highest BCUT2D eigenvalue weighted by molar-refractivity contribution is 6.34. The second-order valence-corrected chi connectivity index (χ2v) is 11.0. The van der Waals surface area contributed by atoms with Gasteiger partial charge in [-0.15, -0.1) is 0 Å². The van der Waals surface area contributed by atoms with Crippen molar-refractivity contribution in [1.82, 2.24) is 9.80 Å². The van der Waals surface area contributed by atoms with Crippen LogP contribution in [0.3, 0.4) is 0 Å². The predicted octanol–water partition coefficient (Wildman–Crippen LogP) is 5.51. The Morgan fingerprint density at radius 1 is 1.05 bits per heavy atom. The van der Waals surface area contributed by atoms with Crippen LogP contribution in [0.5, 0.6) is 0 Å². The summed E-state index contributed by atoms with van der Waals surface area (Å²) in [6.45, 7) is 2.39. The summed E-state index contributed by atoms with van der Waals surface area (Å²) in [6.07, 6.45) is 2.65. The molecule has 0 radical (unpaired) electrons. The van der Waals surface area contributed by atoms with E-state index < -0.39 is 16.7 Å². The maximum Gasteiger partial charge on any atom is 0.270 e. The molecule has 222 valence electrons. The third kappa shape index (κ3) is 7.10. The molecule has 0 spiro atoms. The van der Waals surface area contributed by atoms with Crippen molar-refractivity contribution in [2.75, 3.05) is 19.7 Å². The number of amides is 2. The van der Waals surface area contributed by atoms with Gasteiger partial charge in [-0.25, -0.2) is 0 Å². The topological polar surface area (TPSA) is 123 Å². The van der Waals surface area contributed by atoms with Crippen LogP contribution in [0.15, 0.2) is 82.2 Å². The van der Waals surface area contributed by atoms with Crippen molar-refractivity contribution in [3.05, 3.63) is 121 Å². The van der Waals surface area contributed by atoms with Crippen molar-refractivity contribution < 1.29 is 23.7 Å². The molecule has 2 amide bonds. The zero-order valence-corrected chi connectivity index (χ0v) is 24.3. The smallest absolute Gasteiger partial charge is 0.270 e. The molecular weight excluding hydrogens is 574 g/mol. The minimum atomic E-state index is -0.597. The maximum atomic E-state index is 14.0. The van der Waals surface area contributed by atoms with E-state index in [1.54, 1.807) is 12.1 Å². The van der Waals surface area contributed by atoms with Crippen molar-refractivity contribution in [3.63, 3.8) is 0 Å². The summed E-state index contributed by atoms with van der Waals surface area (Å²) < 4.78 is 11.5. The van der Waals surface area contributed by atoms with Crippen molar-refractivity contribution in [3.8, 4) is 0 Å². The fraction of sp³-hybridized carbons (Fsp3) is 0.281. The van der Waals surface area contributed by atoms with Crippen LogP contribution in [0.4, 0.5) is 5.69 Å². The predicted molar refractivity (Wildman–Crippen MR) is 161 cm³/mol. The Bertz CT molecular complexity index is 1720. The van der Waals surface area contributed by atoms with Gasteiger partial charge in [-0.2, -0.15) is 0 Å². The highest BCUT2D eigenvalue weighted by atomic mass is 35.5. The molecule has 0 bridgehead atoms. The maximum absolute atomic E-state index is 14.0. The van der Waals surface area contributed by atoms with Gasteiger partial charge in [0.2, 0.25) is 5.91 Å². The largest absolute Gasteiger partial charge is 0.464 e. The van der Waals surface area contributed by atoms with Gasteiger partial charge in [-0.3, -0.25) is 24.5 Å². The first-order valence-electron chi connectivity index (χ1n) is 13.9. The second-order valence-electron chi connectivity index (χ2n) is 10.6. The molecule has 1 saturated heterocycles. The normalized spacial score (nSPS) is 14.5. The molecule has 11 heteroatoms. The summed E-state index contributed by atoms with van der Waals surface area (Å²) >= 11 is 6.30. The van der Waals surface area contributed by atoms with Crippen LogP contribution in [0, 0.1) is 17.0 Å². The third-order valence-electron chi connectivity index (χ3n) is 7.38. The number of hydrogen-bond donors (Lipinski definition) is 0. The number of fused-ring (bicyclic) bond motifs is 1. The van der Waals surface area contributed by atoms with Crippen LogP contribution < -0.4 is 5.43 Å². The molecule has 3 aromatic carbocycles. The van der Waals surface area contributed by atoms with Crippen LogP contribution in [-0.4, -0.2) is 52.3 Å². The number of aryl methyl sites for hydroxylation is 1. The Morgan fingerprint density at radius 3 is 2.53 bits per heavy atom. The molecule has 1 fully saturated rings. The highest BCUT2D eigenvalue weighted by Crippen LogP contribution is 2.25.